The second-order valence-electron chi connectivity index (χ2n) is 6.43. The third-order valence-corrected chi connectivity index (χ3v) is 5.12. The van der Waals surface area contributed by atoms with Crippen LogP contribution in [0.2, 0.25) is 10.0 Å². The molecule has 0 radical (unpaired) electrons. The molecule has 0 fully saturated rings. The van der Waals surface area contributed by atoms with Gasteiger partial charge in [-0.1, -0.05) is 64.8 Å². The highest BCUT2D eigenvalue weighted by molar-refractivity contribution is 6.39. The number of anilines is 1. The van der Waals surface area contributed by atoms with Crippen LogP contribution in [0.1, 0.15) is 11.5 Å². The monoisotopic (exact) mass is 426 g/mol. The molecule has 2 aromatic heterocycles. The Bertz CT molecular complexity index is 1180. The van der Waals surface area contributed by atoms with Crippen LogP contribution in [0.25, 0.3) is 22.4 Å². The van der Waals surface area contributed by atoms with Crippen LogP contribution in [0.4, 0.5) is 10.5 Å². The second kappa shape index (κ2) is 7.73. The van der Waals surface area contributed by atoms with E-state index in [0.29, 0.717) is 32.8 Å². The van der Waals surface area contributed by atoms with Gasteiger partial charge in [-0.25, -0.2) is 4.79 Å². The molecule has 0 aliphatic heterocycles. The number of nitrogens with zero attached hydrogens (tertiary/aromatic N) is 3. The Morgan fingerprint density at radius 2 is 1.72 bits per heavy atom. The number of aromatic nitrogens is 3. The number of benzene rings is 2. The number of carbonyl (C=O) groups is 1. The molecule has 0 atom stereocenters. The fraction of sp³-hybridized carbons (Fsp3) is 0.0952. The molecule has 6 nitrogen and oxygen atoms in total. The van der Waals surface area contributed by atoms with Crippen LogP contribution in [0.3, 0.4) is 0 Å². The summed E-state index contributed by atoms with van der Waals surface area (Å²) in [6.45, 7) is 3.55. The molecule has 146 valence electrons. The number of hydrogen-bond acceptors (Lipinski definition) is 4. The van der Waals surface area contributed by atoms with E-state index in [9.17, 15) is 4.79 Å². The second-order valence-corrected chi connectivity index (χ2v) is 7.24. The molecule has 4 rings (SSSR count). The number of aryl methyl sites for hydroxylation is 2. The van der Waals surface area contributed by atoms with Crippen LogP contribution >= 0.6 is 23.2 Å². The average Bonchev–Trinajstić information content (AvgIpc) is 3.26. The molecule has 0 aliphatic carbocycles. The van der Waals surface area contributed by atoms with Gasteiger partial charge in [0.1, 0.15) is 11.4 Å². The fourth-order valence-corrected chi connectivity index (χ4v) is 3.62. The molecule has 8 heteroatoms. The Labute approximate surface area is 177 Å². The van der Waals surface area contributed by atoms with Gasteiger partial charge in [0.25, 0.3) is 0 Å². The van der Waals surface area contributed by atoms with Crippen LogP contribution in [0, 0.1) is 13.8 Å². The molecule has 4 aromatic rings. The highest BCUT2D eigenvalue weighted by atomic mass is 35.5. The van der Waals surface area contributed by atoms with Crippen molar-refractivity contribution in [1.82, 2.24) is 14.9 Å². The summed E-state index contributed by atoms with van der Waals surface area (Å²) in [4.78, 5) is 12.9. The van der Waals surface area contributed by atoms with E-state index in [4.69, 9.17) is 27.7 Å². The average molecular weight is 427 g/mol. The number of halogens is 2. The molecule has 0 saturated heterocycles. The van der Waals surface area contributed by atoms with Crippen LogP contribution in [0.5, 0.6) is 0 Å². The van der Waals surface area contributed by atoms with E-state index in [1.54, 1.807) is 31.3 Å². The molecule has 2 aromatic carbocycles. The lowest BCUT2D eigenvalue weighted by molar-refractivity contribution is 0.250. The predicted molar refractivity (Wildman–Crippen MR) is 114 cm³/mol. The summed E-state index contributed by atoms with van der Waals surface area (Å²) in [6.07, 6.45) is 1.69. The van der Waals surface area contributed by atoms with Crippen molar-refractivity contribution >= 4 is 34.9 Å². The largest absolute Gasteiger partial charge is 0.359 e. The number of rotatable bonds is 3. The molecule has 1 amide bonds. The maximum atomic E-state index is 12.9. The highest BCUT2D eigenvalue weighted by Crippen LogP contribution is 2.39. The van der Waals surface area contributed by atoms with E-state index in [0.717, 1.165) is 16.8 Å². The Hall–Kier alpha value is -3.09. The van der Waals surface area contributed by atoms with Gasteiger partial charge >= 0.3 is 6.03 Å². The van der Waals surface area contributed by atoms with Gasteiger partial charge < -0.3 is 9.84 Å². The quantitative estimate of drug-likeness (QED) is 0.422. The van der Waals surface area contributed by atoms with Gasteiger partial charge in [-0.15, -0.1) is 0 Å². The van der Waals surface area contributed by atoms with Crippen LogP contribution in [0.15, 0.2) is 59.3 Å². The molecule has 1 N–H and O–H groups in total. The van der Waals surface area contributed by atoms with E-state index in [-0.39, 0.29) is 0 Å². The molecule has 0 unspecified atom stereocenters. The van der Waals surface area contributed by atoms with Crippen molar-refractivity contribution in [2.75, 3.05) is 5.32 Å². The first kappa shape index (κ1) is 19.2. The molecular formula is C21H16Cl2N4O2. The minimum Gasteiger partial charge on any atom is -0.359 e. The minimum atomic E-state index is -0.453. The van der Waals surface area contributed by atoms with Gasteiger partial charge in [0.15, 0.2) is 5.76 Å². The topological polar surface area (TPSA) is 73.0 Å². The van der Waals surface area contributed by atoms with Crippen molar-refractivity contribution in [3.8, 4) is 22.4 Å². The molecule has 0 saturated carbocycles. The predicted octanol–water partition coefficient (Wildman–Crippen LogP) is 6.21. The van der Waals surface area contributed by atoms with E-state index >= 15 is 0 Å². The summed E-state index contributed by atoms with van der Waals surface area (Å²) >= 11 is 12.6. The Morgan fingerprint density at radius 3 is 2.41 bits per heavy atom. The van der Waals surface area contributed by atoms with Crippen LogP contribution in [-0.4, -0.2) is 21.0 Å². The van der Waals surface area contributed by atoms with Gasteiger partial charge in [0, 0.05) is 17.3 Å². The third-order valence-electron chi connectivity index (χ3n) is 4.49. The summed E-state index contributed by atoms with van der Waals surface area (Å²) in [6, 6.07) is 14.4. The van der Waals surface area contributed by atoms with E-state index in [2.05, 4.69) is 15.6 Å². The van der Waals surface area contributed by atoms with E-state index < -0.39 is 6.03 Å². The molecule has 2 heterocycles. The SMILES string of the molecule is Cc1nn(C(=O)Nc2c(-c3c(Cl)cccc3Cl)noc2C)cc1-c1ccccc1. The molecule has 0 bridgehead atoms. The standard InChI is InChI=1S/C21H16Cl2N4O2/c1-12-15(14-7-4-3-5-8-14)11-27(25-12)21(28)24-19-13(2)29-26-20(19)18-16(22)9-6-10-17(18)23/h3-11H,1-2H3,(H,24,28). The zero-order chi connectivity index (χ0) is 20.5. The van der Waals surface area contributed by atoms with Crippen molar-refractivity contribution in [1.29, 1.82) is 0 Å². The summed E-state index contributed by atoms with van der Waals surface area (Å²) in [5, 5.41) is 12.0. The van der Waals surface area contributed by atoms with Gasteiger partial charge in [0.05, 0.1) is 15.7 Å². The first-order valence-corrected chi connectivity index (χ1v) is 9.55. The van der Waals surface area contributed by atoms with Crippen molar-refractivity contribution in [3.05, 3.63) is 76.2 Å². The Morgan fingerprint density at radius 1 is 1.03 bits per heavy atom. The lowest BCUT2D eigenvalue weighted by Gasteiger charge is -2.08. The maximum Gasteiger partial charge on any atom is 0.346 e. The smallest absolute Gasteiger partial charge is 0.346 e. The summed E-state index contributed by atoms with van der Waals surface area (Å²) in [5.41, 5.74) is 3.83. The van der Waals surface area contributed by atoms with Gasteiger partial charge in [-0.2, -0.15) is 9.78 Å². The van der Waals surface area contributed by atoms with Crippen molar-refractivity contribution in [2.24, 2.45) is 0 Å². The zero-order valence-electron chi connectivity index (χ0n) is 15.6. The lowest BCUT2D eigenvalue weighted by Crippen LogP contribution is -2.20. The maximum absolute atomic E-state index is 12.9. The van der Waals surface area contributed by atoms with Crippen molar-refractivity contribution in [2.45, 2.75) is 13.8 Å². The molecule has 0 aliphatic rings. The lowest BCUT2D eigenvalue weighted by atomic mass is 10.1. The summed E-state index contributed by atoms with van der Waals surface area (Å²) in [5.74, 6) is 0.427. The van der Waals surface area contributed by atoms with E-state index in [1.165, 1.54) is 4.68 Å². The number of carbonyl (C=O) groups excluding carboxylic acids is 1. The third kappa shape index (κ3) is 3.64. The van der Waals surface area contributed by atoms with Gasteiger partial charge in [-0.05, 0) is 31.5 Å². The molecule has 0 spiro atoms. The first-order valence-electron chi connectivity index (χ1n) is 8.79. The van der Waals surface area contributed by atoms with E-state index in [1.807, 2.05) is 37.3 Å². The fourth-order valence-electron chi connectivity index (χ4n) is 3.04. The number of hydrogen-bond donors (Lipinski definition) is 1. The molecule has 29 heavy (non-hydrogen) atoms. The summed E-state index contributed by atoms with van der Waals surface area (Å²) in [7, 11) is 0. The first-order chi connectivity index (χ1) is 14.0. The minimum absolute atomic E-state index is 0.360. The van der Waals surface area contributed by atoms with Gasteiger partial charge in [-0.3, -0.25) is 0 Å². The van der Waals surface area contributed by atoms with Crippen molar-refractivity contribution in [3.63, 3.8) is 0 Å². The Kier molecular flexibility index (Phi) is 5.13. The normalized spacial score (nSPS) is 10.9. The Balaban J connectivity index is 1.68. The highest BCUT2D eigenvalue weighted by Gasteiger charge is 2.22. The number of amides is 1. The molecular weight excluding hydrogens is 411 g/mol. The number of nitrogens with one attached hydrogen (secondary N) is 1. The summed E-state index contributed by atoms with van der Waals surface area (Å²) < 4.78 is 6.54. The van der Waals surface area contributed by atoms with Crippen LogP contribution in [-0.2, 0) is 0 Å². The van der Waals surface area contributed by atoms with Crippen LogP contribution < -0.4 is 5.32 Å². The van der Waals surface area contributed by atoms with Crippen molar-refractivity contribution < 1.29 is 9.32 Å². The zero-order valence-corrected chi connectivity index (χ0v) is 17.1. The van der Waals surface area contributed by atoms with Gasteiger partial charge in [0.2, 0.25) is 0 Å².